The van der Waals surface area contributed by atoms with E-state index in [2.05, 4.69) is 25.7 Å². The molecule has 2 N–H and O–H groups in total. The van der Waals surface area contributed by atoms with Crippen molar-refractivity contribution in [3.63, 3.8) is 0 Å². The third kappa shape index (κ3) is 3.96. The van der Waals surface area contributed by atoms with Gasteiger partial charge in [0.25, 0.3) is 0 Å². The fourth-order valence-electron chi connectivity index (χ4n) is 3.54. The first-order valence-corrected chi connectivity index (χ1v) is 7.74. The number of hydrogen-bond acceptors (Lipinski definition) is 2. The standard InChI is InChI=1S/C15H32N2/c1-4-7-10-14(5-2)17(6-3)15-11-8-9-13(15)12-16/h13-15H,4-12,16H2,1-3H3. The summed E-state index contributed by atoms with van der Waals surface area (Å²) in [6, 6.07) is 1.56. The molecule has 0 bridgehead atoms. The molecule has 1 saturated carbocycles. The average molecular weight is 240 g/mol. The molecule has 0 heterocycles. The number of nitrogens with zero attached hydrogens (tertiary/aromatic N) is 1. The van der Waals surface area contributed by atoms with Crippen LogP contribution in [0.15, 0.2) is 0 Å². The van der Waals surface area contributed by atoms with Crippen molar-refractivity contribution in [2.45, 2.75) is 77.8 Å². The zero-order chi connectivity index (χ0) is 12.7. The molecule has 0 aliphatic heterocycles. The maximum absolute atomic E-state index is 5.93. The van der Waals surface area contributed by atoms with Crippen molar-refractivity contribution in [3.05, 3.63) is 0 Å². The van der Waals surface area contributed by atoms with Gasteiger partial charge in [0.1, 0.15) is 0 Å². The SMILES string of the molecule is CCCCC(CC)N(CC)C1CCCC1CN. The molecule has 3 atom stereocenters. The molecule has 0 aromatic heterocycles. The Bertz CT molecular complexity index is 193. The van der Waals surface area contributed by atoms with Crippen molar-refractivity contribution in [2.75, 3.05) is 13.1 Å². The molecule has 3 unspecified atom stereocenters. The summed E-state index contributed by atoms with van der Waals surface area (Å²) in [7, 11) is 0. The molecule has 0 spiro atoms. The molecule has 2 nitrogen and oxygen atoms in total. The Balaban J connectivity index is 2.60. The maximum atomic E-state index is 5.93. The summed E-state index contributed by atoms with van der Waals surface area (Å²) >= 11 is 0. The molecule has 1 fully saturated rings. The smallest absolute Gasteiger partial charge is 0.0138 e. The van der Waals surface area contributed by atoms with E-state index in [-0.39, 0.29) is 0 Å². The molecule has 0 amide bonds. The van der Waals surface area contributed by atoms with E-state index in [0.717, 1.165) is 24.5 Å². The van der Waals surface area contributed by atoms with Crippen LogP contribution in [0.1, 0.15) is 65.7 Å². The molecule has 2 heteroatoms. The lowest BCUT2D eigenvalue weighted by molar-refractivity contribution is 0.104. The quantitative estimate of drug-likeness (QED) is 0.704. The van der Waals surface area contributed by atoms with E-state index in [9.17, 15) is 0 Å². The second-order valence-corrected chi connectivity index (χ2v) is 5.53. The van der Waals surface area contributed by atoms with Gasteiger partial charge in [-0.3, -0.25) is 4.90 Å². The molecular formula is C15H32N2. The van der Waals surface area contributed by atoms with Gasteiger partial charge in [-0.25, -0.2) is 0 Å². The first-order valence-electron chi connectivity index (χ1n) is 7.74. The lowest BCUT2D eigenvalue weighted by atomic mass is 9.97. The third-order valence-electron chi connectivity index (χ3n) is 4.54. The minimum absolute atomic E-state index is 0.755. The van der Waals surface area contributed by atoms with Gasteiger partial charge in [0, 0.05) is 12.1 Å². The molecule has 1 rings (SSSR count). The second kappa shape index (κ2) is 8.10. The highest BCUT2D eigenvalue weighted by Gasteiger charge is 2.33. The summed E-state index contributed by atoms with van der Waals surface area (Å²) in [6.45, 7) is 9.03. The lowest BCUT2D eigenvalue weighted by Gasteiger charge is -2.38. The van der Waals surface area contributed by atoms with E-state index in [0.29, 0.717) is 0 Å². The van der Waals surface area contributed by atoms with Gasteiger partial charge < -0.3 is 5.73 Å². The zero-order valence-electron chi connectivity index (χ0n) is 12.1. The van der Waals surface area contributed by atoms with E-state index in [1.54, 1.807) is 0 Å². The topological polar surface area (TPSA) is 29.3 Å². The first-order chi connectivity index (χ1) is 8.28. The molecule has 0 saturated heterocycles. The van der Waals surface area contributed by atoms with Gasteiger partial charge in [0.15, 0.2) is 0 Å². The number of hydrogen-bond donors (Lipinski definition) is 1. The Labute approximate surface area is 108 Å². The van der Waals surface area contributed by atoms with Gasteiger partial charge in [-0.05, 0) is 44.7 Å². The van der Waals surface area contributed by atoms with Gasteiger partial charge in [0.05, 0.1) is 0 Å². The molecular weight excluding hydrogens is 208 g/mol. The highest BCUT2D eigenvalue weighted by atomic mass is 15.2. The van der Waals surface area contributed by atoms with E-state index in [1.807, 2.05) is 0 Å². The van der Waals surface area contributed by atoms with Crippen LogP contribution in [-0.2, 0) is 0 Å². The highest BCUT2D eigenvalue weighted by Crippen LogP contribution is 2.31. The highest BCUT2D eigenvalue weighted by molar-refractivity contribution is 4.88. The third-order valence-corrected chi connectivity index (χ3v) is 4.54. The summed E-state index contributed by atoms with van der Waals surface area (Å²) in [5, 5.41) is 0. The molecule has 1 aliphatic rings. The first kappa shape index (κ1) is 15.0. The molecule has 17 heavy (non-hydrogen) atoms. The number of unbranched alkanes of at least 4 members (excludes halogenated alkanes) is 1. The van der Waals surface area contributed by atoms with Gasteiger partial charge in [-0.1, -0.05) is 40.0 Å². The van der Waals surface area contributed by atoms with E-state index in [1.165, 1.54) is 51.5 Å². The Morgan fingerprint density at radius 3 is 2.53 bits per heavy atom. The van der Waals surface area contributed by atoms with Gasteiger partial charge in [-0.2, -0.15) is 0 Å². The fourth-order valence-corrected chi connectivity index (χ4v) is 3.54. The van der Waals surface area contributed by atoms with E-state index < -0.39 is 0 Å². The predicted octanol–water partition coefficient (Wildman–Crippen LogP) is 3.40. The Morgan fingerprint density at radius 1 is 1.24 bits per heavy atom. The van der Waals surface area contributed by atoms with Crippen LogP contribution in [-0.4, -0.2) is 30.1 Å². The van der Waals surface area contributed by atoms with E-state index in [4.69, 9.17) is 5.73 Å². The van der Waals surface area contributed by atoms with E-state index >= 15 is 0 Å². The molecule has 102 valence electrons. The molecule has 1 aliphatic carbocycles. The Kier molecular flexibility index (Phi) is 7.14. The van der Waals surface area contributed by atoms with Crippen molar-refractivity contribution in [3.8, 4) is 0 Å². The summed E-state index contributed by atoms with van der Waals surface area (Å²) in [5.74, 6) is 0.755. The van der Waals surface area contributed by atoms with Crippen molar-refractivity contribution < 1.29 is 0 Å². The predicted molar refractivity (Wildman–Crippen MR) is 76.2 cm³/mol. The normalized spacial score (nSPS) is 26.6. The minimum atomic E-state index is 0.755. The Hall–Kier alpha value is -0.0800. The van der Waals surface area contributed by atoms with Crippen LogP contribution in [0, 0.1) is 5.92 Å². The molecule has 0 radical (unpaired) electrons. The monoisotopic (exact) mass is 240 g/mol. The number of rotatable bonds is 8. The van der Waals surface area contributed by atoms with Gasteiger partial charge >= 0.3 is 0 Å². The summed E-state index contributed by atoms with van der Waals surface area (Å²) < 4.78 is 0. The second-order valence-electron chi connectivity index (χ2n) is 5.53. The van der Waals surface area contributed by atoms with Crippen molar-refractivity contribution >= 4 is 0 Å². The van der Waals surface area contributed by atoms with Crippen LogP contribution < -0.4 is 5.73 Å². The van der Waals surface area contributed by atoms with Crippen molar-refractivity contribution in [1.82, 2.24) is 4.90 Å². The van der Waals surface area contributed by atoms with Crippen LogP contribution in [0.25, 0.3) is 0 Å². The van der Waals surface area contributed by atoms with Crippen LogP contribution in [0.4, 0.5) is 0 Å². The average Bonchev–Trinajstić information content (AvgIpc) is 2.82. The maximum Gasteiger partial charge on any atom is 0.0138 e. The summed E-state index contributed by atoms with van der Waals surface area (Å²) in [4.78, 5) is 2.76. The van der Waals surface area contributed by atoms with Crippen LogP contribution >= 0.6 is 0 Å². The fraction of sp³-hybridized carbons (Fsp3) is 1.00. The van der Waals surface area contributed by atoms with Crippen LogP contribution in [0.2, 0.25) is 0 Å². The lowest BCUT2D eigenvalue weighted by Crippen LogP contribution is -2.46. The number of nitrogens with two attached hydrogens (primary N) is 1. The van der Waals surface area contributed by atoms with Crippen molar-refractivity contribution in [2.24, 2.45) is 11.7 Å². The van der Waals surface area contributed by atoms with Gasteiger partial charge in [0.2, 0.25) is 0 Å². The Morgan fingerprint density at radius 2 is 2.00 bits per heavy atom. The van der Waals surface area contributed by atoms with Crippen LogP contribution in [0.5, 0.6) is 0 Å². The zero-order valence-corrected chi connectivity index (χ0v) is 12.1. The van der Waals surface area contributed by atoms with Gasteiger partial charge in [-0.15, -0.1) is 0 Å². The van der Waals surface area contributed by atoms with Crippen molar-refractivity contribution in [1.29, 1.82) is 0 Å². The minimum Gasteiger partial charge on any atom is -0.330 e. The largest absolute Gasteiger partial charge is 0.330 e. The molecule has 0 aromatic carbocycles. The summed E-state index contributed by atoms with van der Waals surface area (Å²) in [6.07, 6.45) is 9.46. The summed E-state index contributed by atoms with van der Waals surface area (Å²) in [5.41, 5.74) is 5.93. The van der Waals surface area contributed by atoms with Crippen LogP contribution in [0.3, 0.4) is 0 Å². The molecule has 0 aromatic rings.